The third kappa shape index (κ3) is 4.71. The average Bonchev–Trinajstić information content (AvgIpc) is 2.65. The van der Waals surface area contributed by atoms with Crippen molar-refractivity contribution in [2.24, 2.45) is 10.2 Å². The van der Waals surface area contributed by atoms with Crippen LogP contribution in [-0.4, -0.2) is 39.8 Å². The lowest BCUT2D eigenvalue weighted by Gasteiger charge is -2.10. The molecule has 164 valence electrons. The van der Waals surface area contributed by atoms with Crippen molar-refractivity contribution in [1.82, 2.24) is 0 Å². The van der Waals surface area contributed by atoms with Crippen molar-refractivity contribution >= 4 is 59.2 Å². The molecule has 0 aliphatic rings. The van der Waals surface area contributed by atoms with Crippen LogP contribution in [0.5, 0.6) is 5.75 Å². The molecular weight excluding hydrogens is 474 g/mol. The summed E-state index contributed by atoms with van der Waals surface area (Å²) in [6, 6.07) is 7.11. The smallest absolute Gasteiger partial charge is 0.296 e. The highest BCUT2D eigenvalue weighted by molar-refractivity contribution is 7.86. The average molecular weight is 486 g/mol. The summed E-state index contributed by atoms with van der Waals surface area (Å²) >= 11 is -2.78. The Kier molecular flexibility index (Phi) is 5.83. The number of aromatic hydroxyl groups is 1. The van der Waals surface area contributed by atoms with Crippen LogP contribution in [-0.2, 0) is 31.3 Å². The van der Waals surface area contributed by atoms with Crippen LogP contribution >= 0.6 is 0 Å². The van der Waals surface area contributed by atoms with E-state index >= 15 is 0 Å². The third-order valence-electron chi connectivity index (χ3n) is 4.05. The number of anilines is 1. The first kappa shape index (κ1) is 22.7. The summed E-state index contributed by atoms with van der Waals surface area (Å²) in [4.78, 5) is -1.93. The standard InChI is InChI=1S/C16H13N3O9S3/c17-12-3-2-10-11(6-9(7-14(10)20)30(23,24)25)16(12)19-18-13-4-1-8(29(21)22)5-15(13)31(26,27)28/h1-7,20H,17H2,(H,21,22)(H,23,24,25)(H,26,27,28)/p-1. The van der Waals surface area contributed by atoms with Crippen LogP contribution in [0.2, 0.25) is 0 Å². The Hall–Kier alpha value is -2.95. The number of hydrogen-bond acceptors (Lipinski definition) is 10. The minimum Gasteiger partial charge on any atom is -0.768 e. The van der Waals surface area contributed by atoms with E-state index in [4.69, 9.17) is 5.73 Å². The zero-order valence-electron chi connectivity index (χ0n) is 15.0. The van der Waals surface area contributed by atoms with E-state index in [-0.39, 0.29) is 22.1 Å². The van der Waals surface area contributed by atoms with Gasteiger partial charge < -0.3 is 15.4 Å². The highest BCUT2D eigenvalue weighted by atomic mass is 32.2. The van der Waals surface area contributed by atoms with E-state index in [1.54, 1.807) is 0 Å². The van der Waals surface area contributed by atoms with E-state index in [1.807, 2.05) is 0 Å². The Bertz CT molecular complexity index is 1480. The molecule has 0 aliphatic carbocycles. The van der Waals surface area contributed by atoms with E-state index in [9.17, 15) is 39.8 Å². The van der Waals surface area contributed by atoms with Crippen LogP contribution in [0.4, 0.5) is 17.1 Å². The Balaban J connectivity index is 2.26. The number of azo groups is 1. The van der Waals surface area contributed by atoms with E-state index in [0.717, 1.165) is 24.3 Å². The summed E-state index contributed by atoms with van der Waals surface area (Å²) in [5, 5.41) is 17.6. The molecule has 0 heterocycles. The molecule has 0 amide bonds. The lowest BCUT2D eigenvalue weighted by Crippen LogP contribution is -2.00. The van der Waals surface area contributed by atoms with Gasteiger partial charge in [-0.2, -0.15) is 16.8 Å². The second-order valence-corrected chi connectivity index (χ2v) is 9.81. The number of rotatable bonds is 5. The predicted octanol–water partition coefficient (Wildman–Crippen LogP) is 2.27. The van der Waals surface area contributed by atoms with Gasteiger partial charge in [-0.05, 0) is 47.5 Å². The SMILES string of the molecule is Nc1ccc2c(O)cc(S(=O)(=O)O)cc2c1N=Nc1ccc(S(=O)[O-])cc1S(=O)(=O)O. The van der Waals surface area contributed by atoms with E-state index in [1.165, 1.54) is 12.1 Å². The number of nitrogen functional groups attached to an aromatic ring is 1. The van der Waals surface area contributed by atoms with Gasteiger partial charge in [0.05, 0.1) is 10.6 Å². The van der Waals surface area contributed by atoms with Crippen molar-refractivity contribution in [3.05, 3.63) is 42.5 Å². The van der Waals surface area contributed by atoms with Crippen LogP contribution in [0, 0.1) is 0 Å². The number of fused-ring (bicyclic) bond motifs is 1. The lowest BCUT2D eigenvalue weighted by atomic mass is 10.1. The van der Waals surface area contributed by atoms with Crippen molar-refractivity contribution in [3.63, 3.8) is 0 Å². The van der Waals surface area contributed by atoms with Crippen LogP contribution < -0.4 is 5.73 Å². The number of phenols is 1. The molecule has 5 N–H and O–H groups in total. The molecule has 3 aromatic rings. The Morgan fingerprint density at radius 1 is 0.903 bits per heavy atom. The molecule has 3 rings (SSSR count). The third-order valence-corrected chi connectivity index (χ3v) is 6.40. The molecule has 0 saturated carbocycles. The number of nitrogens with zero attached hydrogens (tertiary/aromatic N) is 2. The first-order valence-electron chi connectivity index (χ1n) is 7.94. The molecule has 0 saturated heterocycles. The lowest BCUT2D eigenvalue weighted by molar-refractivity contribution is 0.471. The van der Waals surface area contributed by atoms with E-state index in [2.05, 4.69) is 10.2 Å². The van der Waals surface area contributed by atoms with Gasteiger partial charge in [0.15, 0.2) is 0 Å². The van der Waals surface area contributed by atoms with Gasteiger partial charge in [0, 0.05) is 21.7 Å². The zero-order chi connectivity index (χ0) is 23.1. The van der Waals surface area contributed by atoms with Crippen LogP contribution in [0.15, 0.2) is 67.4 Å². The molecule has 3 aromatic carbocycles. The maximum atomic E-state index is 11.6. The quantitative estimate of drug-likeness (QED) is 0.178. The molecule has 31 heavy (non-hydrogen) atoms. The Morgan fingerprint density at radius 3 is 2.16 bits per heavy atom. The summed E-state index contributed by atoms with van der Waals surface area (Å²) in [6.07, 6.45) is 0. The molecule has 1 atom stereocenters. The first-order chi connectivity index (χ1) is 14.3. The molecule has 0 aromatic heterocycles. The number of hydrogen-bond donors (Lipinski definition) is 4. The molecule has 0 radical (unpaired) electrons. The fourth-order valence-electron chi connectivity index (χ4n) is 2.64. The summed E-state index contributed by atoms with van der Waals surface area (Å²) in [5.74, 6) is -0.512. The van der Waals surface area contributed by atoms with Gasteiger partial charge in [-0.1, -0.05) is 0 Å². The highest BCUT2D eigenvalue weighted by Crippen LogP contribution is 2.39. The molecule has 0 aliphatic heterocycles. The molecule has 0 spiro atoms. The van der Waals surface area contributed by atoms with Gasteiger partial charge in [-0.15, -0.1) is 10.2 Å². The van der Waals surface area contributed by atoms with Gasteiger partial charge in [-0.3, -0.25) is 13.3 Å². The van der Waals surface area contributed by atoms with Crippen LogP contribution in [0.25, 0.3) is 10.8 Å². The minimum atomic E-state index is -4.89. The van der Waals surface area contributed by atoms with Gasteiger partial charge in [-0.25, -0.2) is 0 Å². The van der Waals surface area contributed by atoms with Crippen LogP contribution in [0.1, 0.15) is 0 Å². The summed E-state index contributed by atoms with van der Waals surface area (Å²) < 4.78 is 86.9. The van der Waals surface area contributed by atoms with Crippen molar-refractivity contribution in [3.8, 4) is 5.75 Å². The van der Waals surface area contributed by atoms with Gasteiger partial charge in [0.25, 0.3) is 20.2 Å². The fourth-order valence-corrected chi connectivity index (χ4v) is 4.29. The number of phenolic OH excluding ortho intramolecular Hbond substituents is 1. The second kappa shape index (κ2) is 7.95. The topological polar surface area (TPSA) is 220 Å². The Morgan fingerprint density at radius 2 is 1.58 bits per heavy atom. The summed E-state index contributed by atoms with van der Waals surface area (Å²) in [7, 11) is -9.59. The molecular formula is C16H12N3O9S3-. The highest BCUT2D eigenvalue weighted by Gasteiger charge is 2.19. The maximum Gasteiger partial charge on any atom is 0.296 e. The molecule has 12 nitrogen and oxygen atoms in total. The largest absolute Gasteiger partial charge is 0.768 e. The van der Waals surface area contributed by atoms with E-state index < -0.39 is 57.4 Å². The normalized spacial score (nSPS) is 13.6. The van der Waals surface area contributed by atoms with E-state index in [0.29, 0.717) is 6.07 Å². The van der Waals surface area contributed by atoms with Crippen molar-refractivity contribution < 1.29 is 39.8 Å². The van der Waals surface area contributed by atoms with Gasteiger partial charge in [0.2, 0.25) is 0 Å². The molecule has 0 bridgehead atoms. The molecule has 0 fully saturated rings. The van der Waals surface area contributed by atoms with Crippen LogP contribution in [0.3, 0.4) is 0 Å². The summed E-state index contributed by atoms with van der Waals surface area (Å²) in [6.45, 7) is 0. The fraction of sp³-hybridized carbons (Fsp3) is 0. The number of nitrogens with two attached hydrogens (primary N) is 1. The zero-order valence-corrected chi connectivity index (χ0v) is 17.5. The molecule has 15 heteroatoms. The van der Waals surface area contributed by atoms with Gasteiger partial charge in [0.1, 0.15) is 22.0 Å². The van der Waals surface area contributed by atoms with Crippen molar-refractivity contribution in [1.29, 1.82) is 0 Å². The monoisotopic (exact) mass is 486 g/mol. The second-order valence-electron chi connectivity index (χ2n) is 6.06. The minimum absolute atomic E-state index is 0.0398. The predicted molar refractivity (Wildman–Crippen MR) is 107 cm³/mol. The summed E-state index contributed by atoms with van der Waals surface area (Å²) in [5.41, 5.74) is 5.18. The maximum absolute atomic E-state index is 11.6. The van der Waals surface area contributed by atoms with Crippen molar-refractivity contribution in [2.75, 3.05) is 5.73 Å². The van der Waals surface area contributed by atoms with Crippen molar-refractivity contribution in [2.45, 2.75) is 14.7 Å². The molecule has 1 unspecified atom stereocenters. The van der Waals surface area contributed by atoms with Gasteiger partial charge >= 0.3 is 0 Å². The Labute approximate surface area is 177 Å². The number of benzene rings is 3. The first-order valence-corrected chi connectivity index (χ1v) is 11.9.